The van der Waals surface area contributed by atoms with E-state index in [1.165, 1.54) is 24.3 Å². The van der Waals surface area contributed by atoms with Crippen LogP contribution in [0.1, 0.15) is 11.1 Å². The standard InChI is InChI=1S/C48H54O29/c49-13-22(56)30(57)36(63)35(62)27(28-33(60)25(20(54)11-5-16-1-7-18(52)8-2-16)41(68)47(72,43(28)70)76-45-39(66)37(64)31(58)23(14-50)74-45)29-34(61)26(21(55)12-6-17-3-9-19(53)10-4-17)42(69)48(73,44(29)71)77-46-40(67)38(65)32(59)24(15-51)75-46/h1-12,22-24,27,30-32,35-40,45-46,49-67,72-73H,13-15H2/b11-5+,12-6+,25-20-,26-21+/t22-,23-,24-,27?,30-,31-,32-,35+,36+,37+,38+,39-,40-,45+,46+,47?,48?/m1/s1. The van der Waals surface area contributed by atoms with Crippen LogP contribution in [0.2, 0.25) is 0 Å². The number of carbonyl (C=O) groups excluding carboxylic acids is 4. The van der Waals surface area contributed by atoms with Crippen LogP contribution in [0.15, 0.2) is 106 Å². The van der Waals surface area contributed by atoms with E-state index < -0.39 is 192 Å². The van der Waals surface area contributed by atoms with Crippen LogP contribution < -0.4 is 0 Å². The van der Waals surface area contributed by atoms with Gasteiger partial charge < -0.3 is 126 Å². The molecule has 29 nitrogen and oxygen atoms in total. The summed E-state index contributed by atoms with van der Waals surface area (Å²) in [5.74, 6) is -29.7. The van der Waals surface area contributed by atoms with Gasteiger partial charge in [0, 0.05) is 0 Å². The first-order chi connectivity index (χ1) is 36.1. The van der Waals surface area contributed by atoms with E-state index in [1.54, 1.807) is 0 Å². The van der Waals surface area contributed by atoms with Gasteiger partial charge in [-0.3, -0.25) is 19.2 Å². The van der Waals surface area contributed by atoms with E-state index in [0.717, 1.165) is 36.4 Å². The minimum absolute atomic E-state index is 0.0866. The summed E-state index contributed by atoms with van der Waals surface area (Å²) in [5, 5.41) is 230. The molecular formula is C48H54O29. The molecule has 3 unspecified atom stereocenters. The molecule has 0 saturated carbocycles. The van der Waals surface area contributed by atoms with E-state index in [4.69, 9.17) is 18.9 Å². The molecule has 2 aromatic rings. The van der Waals surface area contributed by atoms with Gasteiger partial charge in [-0.1, -0.05) is 36.4 Å². The number of allylic oxidation sites excluding steroid dienone is 4. The van der Waals surface area contributed by atoms with Gasteiger partial charge in [-0.15, -0.1) is 0 Å². The molecule has 29 heteroatoms. The molecule has 0 radical (unpaired) electrons. The maximum Gasteiger partial charge on any atom is 0.299 e. The highest BCUT2D eigenvalue weighted by molar-refractivity contribution is 6.29. The summed E-state index contributed by atoms with van der Waals surface area (Å²) in [6.07, 6.45) is -32.7. The van der Waals surface area contributed by atoms with Crippen LogP contribution in [0.25, 0.3) is 12.2 Å². The lowest BCUT2D eigenvalue weighted by atomic mass is 9.69. The van der Waals surface area contributed by atoms with E-state index in [1.807, 2.05) is 0 Å². The number of ether oxygens (including phenoxy) is 4. The summed E-state index contributed by atoms with van der Waals surface area (Å²) in [6.45, 7) is -3.89. The number of aliphatic hydroxyl groups is 19. The Kier molecular flexibility index (Phi) is 18.4. The zero-order valence-electron chi connectivity index (χ0n) is 39.4. The van der Waals surface area contributed by atoms with Gasteiger partial charge in [0.1, 0.15) is 113 Å². The van der Waals surface area contributed by atoms with Crippen molar-refractivity contribution >= 4 is 35.3 Å². The summed E-state index contributed by atoms with van der Waals surface area (Å²) in [5.41, 5.74) is -7.27. The predicted octanol–water partition coefficient (Wildman–Crippen LogP) is -6.56. The molecule has 420 valence electrons. The molecule has 6 rings (SSSR count). The molecule has 77 heavy (non-hydrogen) atoms. The number of carbonyl (C=O) groups is 4. The fraction of sp³-hybridized carbons (Fsp3) is 0.417. The fourth-order valence-electron chi connectivity index (χ4n) is 8.45. The lowest BCUT2D eigenvalue weighted by Gasteiger charge is -2.45. The van der Waals surface area contributed by atoms with Crippen LogP contribution in [0.3, 0.4) is 0 Å². The van der Waals surface area contributed by atoms with Crippen molar-refractivity contribution in [3.05, 3.63) is 117 Å². The van der Waals surface area contributed by atoms with E-state index in [9.17, 15) is 117 Å². The van der Waals surface area contributed by atoms with Crippen molar-refractivity contribution in [2.24, 2.45) is 5.92 Å². The molecule has 4 aliphatic rings. The number of rotatable bonds is 17. The van der Waals surface area contributed by atoms with Gasteiger partial charge in [0.05, 0.1) is 43.0 Å². The summed E-state index contributed by atoms with van der Waals surface area (Å²) >= 11 is 0. The number of phenols is 2. The first-order valence-corrected chi connectivity index (χ1v) is 22.7. The number of aromatic hydroxyl groups is 2. The molecule has 21 N–H and O–H groups in total. The van der Waals surface area contributed by atoms with Crippen LogP contribution in [0.4, 0.5) is 0 Å². The van der Waals surface area contributed by atoms with Gasteiger partial charge in [-0.25, -0.2) is 0 Å². The molecule has 17 atom stereocenters. The smallest absolute Gasteiger partial charge is 0.299 e. The number of hydrogen-bond acceptors (Lipinski definition) is 29. The number of hydrogen-bond donors (Lipinski definition) is 21. The first-order valence-electron chi connectivity index (χ1n) is 22.7. The fourth-order valence-corrected chi connectivity index (χ4v) is 8.45. The van der Waals surface area contributed by atoms with Crippen molar-refractivity contribution in [3.63, 3.8) is 0 Å². The highest BCUT2D eigenvalue weighted by Crippen LogP contribution is 2.47. The SMILES string of the molecule is O=C1C(C(C2=C(O)/C(=C(O)/C=C/c3ccc(O)cc3)C(=O)C(O)(O[C@@H]3O[C@H](CO)[C@@H](O)[C@H](O)[C@H]3O)C2=O)[C@H](O)[C@@H](O)[C@H](O)[C@H](O)CO)=C(O)/C(=C(O)\C=C\c2ccc(O)cc2)C(=O)C1(O)O[C@@H]1O[C@H](CO)[C@@H](O)[C@H](O)[C@H]1O. The summed E-state index contributed by atoms with van der Waals surface area (Å²) in [6, 6.07) is 9.40. The van der Waals surface area contributed by atoms with Crippen molar-refractivity contribution in [2.75, 3.05) is 19.8 Å². The molecule has 0 aromatic heterocycles. The van der Waals surface area contributed by atoms with Gasteiger partial charge in [-0.05, 0) is 47.5 Å². The quantitative estimate of drug-likeness (QED) is 0.0303. The Labute approximate surface area is 431 Å². The Morgan fingerprint density at radius 2 is 0.870 bits per heavy atom. The molecule has 2 fully saturated rings. The largest absolute Gasteiger partial charge is 0.508 e. The third kappa shape index (κ3) is 11.3. The highest BCUT2D eigenvalue weighted by Gasteiger charge is 2.65. The lowest BCUT2D eigenvalue weighted by Crippen LogP contribution is -2.65. The van der Waals surface area contributed by atoms with Gasteiger partial charge in [0.2, 0.25) is 23.1 Å². The van der Waals surface area contributed by atoms with Crippen LogP contribution in [-0.4, -0.2) is 248 Å². The Bertz CT molecular complexity index is 2570. The van der Waals surface area contributed by atoms with Crippen LogP contribution in [0.5, 0.6) is 11.5 Å². The maximum atomic E-state index is 15.1. The van der Waals surface area contributed by atoms with Crippen LogP contribution in [0, 0.1) is 5.92 Å². The third-order valence-corrected chi connectivity index (χ3v) is 12.8. The molecule has 0 spiro atoms. The molecule has 2 heterocycles. The van der Waals surface area contributed by atoms with Crippen molar-refractivity contribution < 1.29 is 145 Å². The van der Waals surface area contributed by atoms with E-state index in [0.29, 0.717) is 12.2 Å². The molecule has 0 amide bonds. The zero-order chi connectivity index (χ0) is 57.3. The monoisotopic (exact) mass is 1090 g/mol. The topological polar surface area (TPSA) is 530 Å². The lowest BCUT2D eigenvalue weighted by molar-refractivity contribution is -0.342. The van der Waals surface area contributed by atoms with Crippen molar-refractivity contribution in [3.8, 4) is 11.5 Å². The van der Waals surface area contributed by atoms with Crippen LogP contribution in [-0.2, 0) is 38.1 Å². The van der Waals surface area contributed by atoms with E-state index in [-0.39, 0.29) is 22.6 Å². The summed E-state index contributed by atoms with van der Waals surface area (Å²) in [7, 11) is 0. The Morgan fingerprint density at radius 1 is 0.519 bits per heavy atom. The van der Waals surface area contributed by atoms with Crippen molar-refractivity contribution in [2.45, 2.75) is 97.4 Å². The second-order valence-corrected chi connectivity index (χ2v) is 17.8. The second-order valence-electron chi connectivity index (χ2n) is 17.8. The highest BCUT2D eigenvalue weighted by atomic mass is 16.8. The number of ketones is 4. The summed E-state index contributed by atoms with van der Waals surface area (Å²) in [4.78, 5) is 59.3. The maximum absolute atomic E-state index is 15.1. The van der Waals surface area contributed by atoms with Crippen molar-refractivity contribution in [1.82, 2.24) is 0 Å². The van der Waals surface area contributed by atoms with Crippen molar-refractivity contribution in [1.29, 1.82) is 0 Å². The van der Waals surface area contributed by atoms with Gasteiger partial charge >= 0.3 is 0 Å². The van der Waals surface area contributed by atoms with Gasteiger partial charge in [0.15, 0.2) is 12.6 Å². The number of aliphatic hydroxyl groups excluding tert-OH is 17. The van der Waals surface area contributed by atoms with Crippen LogP contribution >= 0.6 is 0 Å². The molecule has 2 aliphatic carbocycles. The molecule has 2 aromatic carbocycles. The number of phenolic OH excluding ortho intramolecular Hbond substituents is 2. The predicted molar refractivity (Wildman–Crippen MR) is 247 cm³/mol. The summed E-state index contributed by atoms with van der Waals surface area (Å²) < 4.78 is 20.9. The molecule has 2 saturated heterocycles. The van der Waals surface area contributed by atoms with E-state index in [2.05, 4.69) is 0 Å². The zero-order valence-corrected chi connectivity index (χ0v) is 39.4. The Hall–Kier alpha value is -6.40. The minimum Gasteiger partial charge on any atom is -0.508 e. The molecule has 2 aliphatic heterocycles. The normalized spacial score (nSPS) is 33.9. The average molecular weight is 1090 g/mol. The average Bonchev–Trinajstić information content (AvgIpc) is 3.41. The molecular weight excluding hydrogens is 1040 g/mol. The molecule has 0 bridgehead atoms. The van der Waals surface area contributed by atoms with Gasteiger partial charge in [0.25, 0.3) is 11.6 Å². The Morgan fingerprint density at radius 3 is 1.19 bits per heavy atom. The Balaban J connectivity index is 1.71. The number of benzene rings is 2. The second kappa shape index (κ2) is 23.7. The minimum atomic E-state index is -4.50. The van der Waals surface area contributed by atoms with Gasteiger partial charge in [-0.2, -0.15) is 0 Å². The third-order valence-electron chi connectivity index (χ3n) is 12.8. The van der Waals surface area contributed by atoms with E-state index >= 15 is 9.59 Å². The first kappa shape index (κ1) is 59.8. The number of Topliss-reactive ketones (excluding diaryl/α,β-unsaturated/α-hetero) is 4.